The monoisotopic (exact) mass is 300 g/mol. The molecular weight excluding hydrogens is 293 g/mol. The second-order valence-electron chi connectivity index (χ2n) is 4.45. The lowest BCUT2D eigenvalue weighted by Crippen LogP contribution is -2.33. The number of fused-ring (bicyclic) bond motifs is 3. The molecule has 0 amide bonds. The number of halogens is 4. The zero-order chi connectivity index (χ0) is 13.8. The molecule has 0 bridgehead atoms. The zero-order valence-electron chi connectivity index (χ0n) is 9.50. The van der Waals surface area contributed by atoms with Crippen LogP contribution in [0.5, 0.6) is 0 Å². The van der Waals surface area contributed by atoms with Gasteiger partial charge in [-0.15, -0.1) is 0 Å². The molecule has 0 spiro atoms. The maximum absolute atomic E-state index is 13.4. The van der Waals surface area contributed by atoms with Crippen molar-refractivity contribution in [3.05, 3.63) is 57.6 Å². The first kappa shape index (κ1) is 12.9. The van der Waals surface area contributed by atoms with Gasteiger partial charge in [-0.3, -0.25) is 0 Å². The highest BCUT2D eigenvalue weighted by Crippen LogP contribution is 2.51. The third-order valence-electron chi connectivity index (χ3n) is 3.39. The molecule has 0 unspecified atom stereocenters. The van der Waals surface area contributed by atoms with E-state index in [0.29, 0.717) is 21.2 Å². The molecule has 0 fully saturated rings. The Morgan fingerprint density at radius 2 is 1.32 bits per heavy atom. The Bertz CT molecular complexity index is 619. The fourth-order valence-electron chi connectivity index (χ4n) is 2.51. The SMILES string of the molecule is OC1(C(F)F)c2cc(Cl)ccc2-c2ccc(Cl)cc21. The predicted octanol–water partition coefficient (Wildman–Crippen LogP) is 4.47. The number of alkyl halides is 2. The van der Waals surface area contributed by atoms with Crippen LogP contribution in [0.2, 0.25) is 10.0 Å². The lowest BCUT2D eigenvalue weighted by atomic mass is 9.92. The molecule has 1 aliphatic carbocycles. The lowest BCUT2D eigenvalue weighted by Gasteiger charge is -2.24. The van der Waals surface area contributed by atoms with Crippen LogP contribution in [0.15, 0.2) is 36.4 Å². The Labute approximate surface area is 118 Å². The summed E-state index contributed by atoms with van der Waals surface area (Å²) in [6.07, 6.45) is -2.97. The second-order valence-corrected chi connectivity index (χ2v) is 5.32. The molecule has 1 aliphatic rings. The van der Waals surface area contributed by atoms with Gasteiger partial charge in [-0.05, 0) is 35.4 Å². The van der Waals surface area contributed by atoms with Crippen LogP contribution < -0.4 is 0 Å². The van der Waals surface area contributed by atoms with E-state index in [4.69, 9.17) is 23.2 Å². The van der Waals surface area contributed by atoms with Crippen molar-refractivity contribution in [3.8, 4) is 11.1 Å². The smallest absolute Gasteiger partial charge is 0.275 e. The van der Waals surface area contributed by atoms with Gasteiger partial charge in [0.05, 0.1) is 0 Å². The highest BCUT2D eigenvalue weighted by molar-refractivity contribution is 6.31. The van der Waals surface area contributed by atoms with Crippen molar-refractivity contribution in [2.24, 2.45) is 0 Å². The van der Waals surface area contributed by atoms with Crippen molar-refractivity contribution in [1.29, 1.82) is 0 Å². The van der Waals surface area contributed by atoms with Crippen molar-refractivity contribution >= 4 is 23.2 Å². The normalized spacial score (nSPS) is 15.5. The molecule has 0 aliphatic heterocycles. The summed E-state index contributed by atoms with van der Waals surface area (Å²) in [4.78, 5) is 0. The fraction of sp³-hybridized carbons (Fsp3) is 0.143. The van der Waals surface area contributed by atoms with Crippen LogP contribution in [-0.2, 0) is 5.60 Å². The van der Waals surface area contributed by atoms with Crippen LogP contribution >= 0.6 is 23.2 Å². The van der Waals surface area contributed by atoms with Crippen molar-refractivity contribution in [3.63, 3.8) is 0 Å². The molecule has 0 saturated carbocycles. The van der Waals surface area contributed by atoms with Gasteiger partial charge >= 0.3 is 0 Å². The van der Waals surface area contributed by atoms with E-state index in [2.05, 4.69) is 0 Å². The second kappa shape index (κ2) is 4.17. The molecule has 2 aromatic carbocycles. The van der Waals surface area contributed by atoms with Crippen molar-refractivity contribution in [2.45, 2.75) is 12.0 Å². The topological polar surface area (TPSA) is 20.2 Å². The number of aliphatic hydroxyl groups is 1. The molecule has 0 atom stereocenters. The summed E-state index contributed by atoms with van der Waals surface area (Å²) < 4.78 is 26.8. The molecule has 0 saturated heterocycles. The number of hydrogen-bond acceptors (Lipinski definition) is 1. The average molecular weight is 301 g/mol. The molecule has 19 heavy (non-hydrogen) atoms. The Morgan fingerprint density at radius 1 is 0.895 bits per heavy atom. The van der Waals surface area contributed by atoms with Crippen molar-refractivity contribution in [1.82, 2.24) is 0 Å². The van der Waals surface area contributed by atoms with Gasteiger partial charge in [-0.2, -0.15) is 0 Å². The Morgan fingerprint density at radius 3 is 1.68 bits per heavy atom. The molecule has 0 aromatic heterocycles. The van der Waals surface area contributed by atoms with E-state index in [1.54, 1.807) is 24.3 Å². The van der Waals surface area contributed by atoms with E-state index in [0.717, 1.165) is 0 Å². The summed E-state index contributed by atoms with van der Waals surface area (Å²) in [7, 11) is 0. The summed E-state index contributed by atoms with van der Waals surface area (Å²) in [5.41, 5.74) is -1.02. The molecule has 3 rings (SSSR count). The molecule has 0 heterocycles. The van der Waals surface area contributed by atoms with Gasteiger partial charge in [-0.1, -0.05) is 35.3 Å². The van der Waals surface area contributed by atoms with Crippen LogP contribution in [0.3, 0.4) is 0 Å². The van der Waals surface area contributed by atoms with Gasteiger partial charge in [0.2, 0.25) is 0 Å². The minimum absolute atomic E-state index is 0.118. The molecule has 2 aromatic rings. The van der Waals surface area contributed by atoms with Crippen LogP contribution in [0.1, 0.15) is 11.1 Å². The first-order valence-corrected chi connectivity index (χ1v) is 6.31. The van der Waals surface area contributed by atoms with Gasteiger partial charge in [0, 0.05) is 21.2 Å². The standard InChI is InChI=1S/C14H8Cl2F2O/c15-7-1-3-9-10-4-2-8(16)6-12(10)14(19,13(17)18)11(9)5-7/h1-6,13,19H. The minimum atomic E-state index is -2.97. The fourth-order valence-corrected chi connectivity index (χ4v) is 2.86. The highest BCUT2D eigenvalue weighted by atomic mass is 35.5. The first-order chi connectivity index (χ1) is 8.94. The van der Waals surface area contributed by atoms with E-state index in [1.807, 2.05) is 0 Å². The Kier molecular flexibility index (Phi) is 2.82. The van der Waals surface area contributed by atoms with E-state index in [-0.39, 0.29) is 11.1 Å². The average Bonchev–Trinajstić information content (AvgIpc) is 2.60. The quantitative estimate of drug-likeness (QED) is 0.823. The van der Waals surface area contributed by atoms with Gasteiger partial charge in [0.15, 0.2) is 5.60 Å². The van der Waals surface area contributed by atoms with Gasteiger partial charge in [0.1, 0.15) is 0 Å². The zero-order valence-corrected chi connectivity index (χ0v) is 11.0. The van der Waals surface area contributed by atoms with E-state index >= 15 is 0 Å². The summed E-state index contributed by atoms with van der Waals surface area (Å²) in [5.74, 6) is 0. The van der Waals surface area contributed by atoms with Crippen LogP contribution in [0.25, 0.3) is 11.1 Å². The van der Waals surface area contributed by atoms with E-state index in [1.165, 1.54) is 12.1 Å². The van der Waals surface area contributed by atoms with Crippen LogP contribution in [-0.4, -0.2) is 11.5 Å². The minimum Gasteiger partial charge on any atom is -0.375 e. The largest absolute Gasteiger partial charge is 0.375 e. The summed E-state index contributed by atoms with van der Waals surface area (Å²) in [5, 5.41) is 11.1. The Hall–Kier alpha value is -1.16. The van der Waals surface area contributed by atoms with E-state index in [9.17, 15) is 13.9 Å². The van der Waals surface area contributed by atoms with Crippen molar-refractivity contribution in [2.75, 3.05) is 0 Å². The highest BCUT2D eigenvalue weighted by Gasteiger charge is 2.49. The number of rotatable bonds is 1. The maximum atomic E-state index is 13.4. The molecule has 1 N–H and O–H groups in total. The predicted molar refractivity (Wildman–Crippen MR) is 70.9 cm³/mol. The molecule has 5 heteroatoms. The lowest BCUT2D eigenvalue weighted by molar-refractivity contribution is -0.0688. The number of hydrogen-bond donors (Lipinski definition) is 1. The third-order valence-corrected chi connectivity index (χ3v) is 3.86. The molecular formula is C14H8Cl2F2O. The Balaban J connectivity index is 2.39. The summed E-state index contributed by atoms with van der Waals surface area (Å²) in [6, 6.07) is 9.22. The molecule has 98 valence electrons. The number of benzene rings is 2. The maximum Gasteiger partial charge on any atom is 0.275 e. The third kappa shape index (κ3) is 1.69. The van der Waals surface area contributed by atoms with Crippen LogP contribution in [0.4, 0.5) is 8.78 Å². The summed E-state index contributed by atoms with van der Waals surface area (Å²) >= 11 is 11.7. The first-order valence-electron chi connectivity index (χ1n) is 5.55. The van der Waals surface area contributed by atoms with Gasteiger partial charge < -0.3 is 5.11 Å². The molecule has 1 nitrogen and oxygen atoms in total. The summed E-state index contributed by atoms with van der Waals surface area (Å²) in [6.45, 7) is 0. The van der Waals surface area contributed by atoms with E-state index < -0.39 is 12.0 Å². The van der Waals surface area contributed by atoms with Crippen molar-refractivity contribution < 1.29 is 13.9 Å². The van der Waals surface area contributed by atoms with Gasteiger partial charge in [-0.25, -0.2) is 8.78 Å². The molecule has 0 radical (unpaired) electrons. The van der Waals surface area contributed by atoms with Crippen LogP contribution in [0, 0.1) is 0 Å². The van der Waals surface area contributed by atoms with Gasteiger partial charge in [0.25, 0.3) is 6.43 Å².